The lowest BCUT2D eigenvalue weighted by Gasteiger charge is -2.16. The van der Waals surface area contributed by atoms with Gasteiger partial charge in [0.05, 0.1) is 12.7 Å². The molecule has 1 fully saturated rings. The first-order valence-corrected chi connectivity index (χ1v) is 6.51. The molecule has 0 aromatic heterocycles. The highest BCUT2D eigenvalue weighted by molar-refractivity contribution is 5.65. The van der Waals surface area contributed by atoms with Crippen molar-refractivity contribution in [3.8, 4) is 0 Å². The summed E-state index contributed by atoms with van der Waals surface area (Å²) in [6.45, 7) is 6.26. The molecule has 106 valence electrons. The molecule has 1 heterocycles. The Morgan fingerprint density at radius 3 is 2.32 bits per heavy atom. The Morgan fingerprint density at radius 1 is 1.37 bits per heavy atom. The number of carbonyl (C=O) groups is 1. The van der Waals surface area contributed by atoms with Crippen LogP contribution in [0.1, 0.15) is 32.8 Å². The average molecular weight is 265 g/mol. The van der Waals surface area contributed by atoms with Crippen molar-refractivity contribution in [2.75, 3.05) is 6.61 Å². The van der Waals surface area contributed by atoms with Crippen molar-refractivity contribution in [3.63, 3.8) is 0 Å². The third kappa shape index (κ3) is 9.08. The van der Waals surface area contributed by atoms with E-state index in [1.807, 2.05) is 0 Å². The quantitative estimate of drug-likeness (QED) is 0.855. The molecule has 0 bridgehead atoms. The van der Waals surface area contributed by atoms with Gasteiger partial charge in [-0.25, -0.2) is 4.79 Å². The summed E-state index contributed by atoms with van der Waals surface area (Å²) in [6.07, 6.45) is 2.18. The summed E-state index contributed by atoms with van der Waals surface area (Å²) in [7, 11) is 0. The topological polar surface area (TPSA) is 64.8 Å². The van der Waals surface area contributed by atoms with Crippen molar-refractivity contribution in [2.24, 2.45) is 5.73 Å². The average Bonchev–Trinajstić information content (AvgIpc) is 3.09. The second-order valence-corrected chi connectivity index (χ2v) is 5.51. The number of rotatable bonds is 3. The van der Waals surface area contributed by atoms with Crippen molar-refractivity contribution in [3.05, 3.63) is 35.9 Å². The molecule has 4 nitrogen and oxygen atoms in total. The van der Waals surface area contributed by atoms with E-state index in [0.717, 1.165) is 13.0 Å². The van der Waals surface area contributed by atoms with Gasteiger partial charge in [0.25, 0.3) is 0 Å². The van der Waals surface area contributed by atoms with Crippen LogP contribution in [0.3, 0.4) is 0 Å². The molecule has 1 unspecified atom stereocenters. The Hall–Kier alpha value is -1.55. The van der Waals surface area contributed by atoms with E-state index in [2.05, 4.69) is 35.1 Å². The number of amides is 1. The molecular formula is C15H23NO3. The predicted octanol–water partition coefficient (Wildman–Crippen LogP) is 2.90. The van der Waals surface area contributed by atoms with Crippen LogP contribution < -0.4 is 5.73 Å². The van der Waals surface area contributed by atoms with Gasteiger partial charge in [0.2, 0.25) is 0 Å². The molecule has 0 aliphatic carbocycles. The van der Waals surface area contributed by atoms with E-state index >= 15 is 0 Å². The van der Waals surface area contributed by atoms with Crippen molar-refractivity contribution >= 4 is 6.09 Å². The third-order valence-electron chi connectivity index (χ3n) is 2.41. The summed E-state index contributed by atoms with van der Waals surface area (Å²) < 4.78 is 9.71. The molecule has 1 atom stereocenters. The van der Waals surface area contributed by atoms with Crippen LogP contribution in [0.4, 0.5) is 4.79 Å². The number of hydrogen-bond acceptors (Lipinski definition) is 3. The summed E-state index contributed by atoms with van der Waals surface area (Å²) in [5.74, 6) is 0. The molecule has 2 rings (SSSR count). The number of hydrogen-bond donors (Lipinski definition) is 1. The zero-order valence-electron chi connectivity index (χ0n) is 11.9. The third-order valence-corrected chi connectivity index (χ3v) is 2.41. The first-order valence-electron chi connectivity index (χ1n) is 6.51. The van der Waals surface area contributed by atoms with Crippen LogP contribution in [0.2, 0.25) is 0 Å². The first kappa shape index (κ1) is 15.5. The van der Waals surface area contributed by atoms with Gasteiger partial charge in [-0.15, -0.1) is 0 Å². The van der Waals surface area contributed by atoms with Crippen molar-refractivity contribution in [1.82, 2.24) is 0 Å². The minimum Gasteiger partial charge on any atom is -0.444 e. The fourth-order valence-electron chi connectivity index (χ4n) is 1.51. The van der Waals surface area contributed by atoms with Crippen LogP contribution in [0.25, 0.3) is 0 Å². The Bertz CT molecular complexity index is 380. The van der Waals surface area contributed by atoms with E-state index in [1.54, 1.807) is 20.8 Å². The number of aryl methyl sites for hydroxylation is 1. The van der Waals surface area contributed by atoms with Crippen LogP contribution in [0, 0.1) is 0 Å². The number of primary amides is 1. The molecule has 0 saturated carbocycles. The molecule has 2 N–H and O–H groups in total. The van der Waals surface area contributed by atoms with E-state index in [1.165, 1.54) is 12.0 Å². The summed E-state index contributed by atoms with van der Waals surface area (Å²) >= 11 is 0. The predicted molar refractivity (Wildman–Crippen MR) is 74.9 cm³/mol. The van der Waals surface area contributed by atoms with Gasteiger partial charge < -0.3 is 15.2 Å². The number of epoxide rings is 1. The lowest BCUT2D eigenvalue weighted by Crippen LogP contribution is -2.27. The molecule has 4 heteroatoms. The summed E-state index contributed by atoms with van der Waals surface area (Å²) in [5, 5.41) is 0. The highest BCUT2D eigenvalue weighted by Crippen LogP contribution is 2.16. The lowest BCUT2D eigenvalue weighted by atomic mass is 10.1. The van der Waals surface area contributed by atoms with Gasteiger partial charge in [-0.3, -0.25) is 0 Å². The second-order valence-electron chi connectivity index (χ2n) is 5.51. The Kier molecular flexibility index (Phi) is 5.83. The SMILES string of the molecule is CC(C)(C)OC(N)=O.c1ccc(CCC2CO2)cc1. The number of nitrogens with two attached hydrogens (primary N) is 1. The molecule has 1 aromatic carbocycles. The van der Waals surface area contributed by atoms with E-state index in [-0.39, 0.29) is 0 Å². The van der Waals surface area contributed by atoms with Gasteiger partial charge in [-0.1, -0.05) is 30.3 Å². The van der Waals surface area contributed by atoms with Crippen molar-refractivity contribution in [1.29, 1.82) is 0 Å². The Morgan fingerprint density at radius 2 is 1.95 bits per heavy atom. The van der Waals surface area contributed by atoms with E-state index in [4.69, 9.17) is 10.5 Å². The second kappa shape index (κ2) is 7.14. The maximum atomic E-state index is 10.0. The molecule has 0 radical (unpaired) electrons. The van der Waals surface area contributed by atoms with Crippen LogP contribution in [-0.2, 0) is 15.9 Å². The normalized spacial score (nSPS) is 17.1. The van der Waals surface area contributed by atoms with E-state index < -0.39 is 11.7 Å². The van der Waals surface area contributed by atoms with Crippen LogP contribution >= 0.6 is 0 Å². The molecule has 1 aliphatic heterocycles. The molecule has 19 heavy (non-hydrogen) atoms. The van der Waals surface area contributed by atoms with Gasteiger partial charge in [-0.05, 0) is 39.2 Å². The highest BCUT2D eigenvalue weighted by atomic mass is 16.6. The van der Waals surface area contributed by atoms with Crippen molar-refractivity contribution < 1.29 is 14.3 Å². The summed E-state index contributed by atoms with van der Waals surface area (Å²) in [4.78, 5) is 10.0. The van der Waals surface area contributed by atoms with E-state index in [9.17, 15) is 4.79 Å². The zero-order chi connectivity index (χ0) is 14.3. The minimum absolute atomic E-state index is 0.453. The van der Waals surface area contributed by atoms with Crippen LogP contribution in [0.5, 0.6) is 0 Å². The van der Waals surface area contributed by atoms with E-state index in [0.29, 0.717) is 6.10 Å². The van der Waals surface area contributed by atoms with Gasteiger partial charge in [-0.2, -0.15) is 0 Å². The first-order chi connectivity index (χ1) is 8.87. The molecular weight excluding hydrogens is 242 g/mol. The van der Waals surface area contributed by atoms with Crippen molar-refractivity contribution in [2.45, 2.75) is 45.3 Å². The molecule has 1 saturated heterocycles. The van der Waals surface area contributed by atoms with Gasteiger partial charge in [0.1, 0.15) is 5.60 Å². The number of ether oxygens (including phenoxy) is 2. The fraction of sp³-hybridized carbons (Fsp3) is 0.533. The van der Waals surface area contributed by atoms with Crippen LogP contribution in [-0.4, -0.2) is 24.4 Å². The smallest absolute Gasteiger partial charge is 0.405 e. The largest absolute Gasteiger partial charge is 0.444 e. The minimum atomic E-state index is -0.725. The molecule has 0 spiro atoms. The summed E-state index contributed by atoms with van der Waals surface area (Å²) in [5.41, 5.74) is 5.68. The number of carbonyl (C=O) groups excluding carboxylic acids is 1. The zero-order valence-corrected chi connectivity index (χ0v) is 11.9. The monoisotopic (exact) mass is 265 g/mol. The highest BCUT2D eigenvalue weighted by Gasteiger charge is 2.21. The molecule has 1 aliphatic rings. The van der Waals surface area contributed by atoms with Crippen LogP contribution in [0.15, 0.2) is 30.3 Å². The number of benzene rings is 1. The molecule has 1 amide bonds. The maximum absolute atomic E-state index is 10.0. The Labute approximate surface area is 114 Å². The Balaban J connectivity index is 0.000000203. The van der Waals surface area contributed by atoms with Gasteiger partial charge in [0.15, 0.2) is 0 Å². The maximum Gasteiger partial charge on any atom is 0.405 e. The van der Waals surface area contributed by atoms with Gasteiger partial charge >= 0.3 is 6.09 Å². The molecule has 1 aromatic rings. The summed E-state index contributed by atoms with van der Waals surface area (Å²) in [6, 6.07) is 10.6. The standard InChI is InChI=1S/C10H12O.C5H11NO2/c1-2-4-9(5-3-1)6-7-10-8-11-10;1-5(2,3)8-4(6)7/h1-5,10H,6-8H2;1-3H3,(H2,6,7). The van der Waals surface area contributed by atoms with Gasteiger partial charge in [0, 0.05) is 0 Å². The fourth-order valence-corrected chi connectivity index (χ4v) is 1.51. The lowest BCUT2D eigenvalue weighted by molar-refractivity contribution is 0.0600.